The number of anilines is 2. The van der Waals surface area contributed by atoms with Crippen molar-refractivity contribution in [1.82, 2.24) is 19.5 Å². The summed E-state index contributed by atoms with van der Waals surface area (Å²) < 4.78 is 13.5. The summed E-state index contributed by atoms with van der Waals surface area (Å²) in [5.41, 5.74) is 11.9. The van der Waals surface area contributed by atoms with Crippen LogP contribution in [0.15, 0.2) is 36.7 Å². The molecule has 0 amide bonds. The summed E-state index contributed by atoms with van der Waals surface area (Å²) in [6.45, 7) is 0.454. The van der Waals surface area contributed by atoms with Gasteiger partial charge in [0, 0.05) is 12.2 Å². The molecule has 1 aromatic carbocycles. The second kappa shape index (κ2) is 8.47. The number of hydrogen-bond acceptors (Lipinski definition) is 7. The number of rotatable bonds is 6. The molecule has 0 radical (unpaired) electrons. The fourth-order valence-corrected chi connectivity index (χ4v) is 3.85. The Hall–Kier alpha value is -1.48. The van der Waals surface area contributed by atoms with Gasteiger partial charge < -0.3 is 30.4 Å². The Labute approximate surface area is 172 Å². The van der Waals surface area contributed by atoms with Crippen molar-refractivity contribution < 1.29 is 43.9 Å². The van der Waals surface area contributed by atoms with Gasteiger partial charge in [0.05, 0.1) is 6.33 Å². The third-order valence-corrected chi connectivity index (χ3v) is 5.31. The second-order valence-corrected chi connectivity index (χ2v) is 7.46. The van der Waals surface area contributed by atoms with Gasteiger partial charge in [-0.05, 0) is 18.4 Å². The van der Waals surface area contributed by atoms with Crippen molar-refractivity contribution >= 4 is 30.5 Å². The third kappa shape index (κ3) is 4.62. The van der Waals surface area contributed by atoms with Crippen molar-refractivity contribution in [3.63, 3.8) is 0 Å². The second-order valence-electron chi connectivity index (χ2n) is 5.71. The van der Waals surface area contributed by atoms with E-state index in [4.69, 9.17) is 11.5 Å². The zero-order valence-electron chi connectivity index (χ0n) is 14.3. The molecule has 3 aromatic rings. The Morgan fingerprint density at radius 1 is 1.23 bits per heavy atom. The Morgan fingerprint density at radius 2 is 1.92 bits per heavy atom. The molecule has 2 atom stereocenters. The molecule has 5 N–H and O–H groups in total. The average molecular weight is 384 g/mol. The van der Waals surface area contributed by atoms with Crippen molar-refractivity contribution in [2.45, 2.75) is 25.0 Å². The molecule has 0 aliphatic rings. The van der Waals surface area contributed by atoms with Crippen LogP contribution in [0.5, 0.6) is 0 Å². The Bertz CT molecular complexity index is 930. The van der Waals surface area contributed by atoms with E-state index in [9.17, 15) is 14.4 Å². The van der Waals surface area contributed by atoms with Crippen LogP contribution in [0.1, 0.15) is 24.1 Å². The molecule has 0 aliphatic heterocycles. The standard InChI is InChI=1S/C15H19N6O3P.Na/c16-13-12-14(20-15(17)19-13)21(9-18-12)8-4-7-11(25(22,23)24)10-5-2-1-3-6-10;/h1-3,5-6,9,11H,4,7-8H2,(H2,22,23,24)(H4,16,17,19,20);/q;+1/p-1. The van der Waals surface area contributed by atoms with Crippen LogP contribution < -0.4 is 45.9 Å². The first-order valence-electron chi connectivity index (χ1n) is 7.68. The van der Waals surface area contributed by atoms with Crippen LogP contribution in [-0.2, 0) is 11.1 Å². The minimum absolute atomic E-state index is 0. The third-order valence-electron chi connectivity index (χ3n) is 3.96. The molecule has 0 saturated heterocycles. The van der Waals surface area contributed by atoms with E-state index < -0.39 is 13.3 Å². The molecule has 2 heterocycles. The fraction of sp³-hybridized carbons (Fsp3) is 0.267. The van der Waals surface area contributed by atoms with Crippen molar-refractivity contribution in [2.24, 2.45) is 0 Å². The van der Waals surface area contributed by atoms with Gasteiger partial charge in [-0.2, -0.15) is 9.97 Å². The molecule has 9 nitrogen and oxygen atoms in total. The Balaban J connectivity index is 0.00000243. The molecule has 132 valence electrons. The zero-order chi connectivity index (χ0) is 18.0. The number of aryl methyl sites for hydroxylation is 1. The minimum atomic E-state index is -4.51. The van der Waals surface area contributed by atoms with E-state index in [1.165, 1.54) is 0 Å². The van der Waals surface area contributed by atoms with E-state index in [2.05, 4.69) is 15.0 Å². The number of imidazole rings is 1. The number of fused-ring (bicyclic) bond motifs is 1. The summed E-state index contributed by atoms with van der Waals surface area (Å²) in [5, 5.41) is 0. The van der Waals surface area contributed by atoms with E-state index in [0.717, 1.165) is 0 Å². The minimum Gasteiger partial charge on any atom is -0.778 e. The molecule has 2 aromatic heterocycles. The summed E-state index contributed by atoms with van der Waals surface area (Å²) in [6.07, 6.45) is 2.31. The zero-order valence-corrected chi connectivity index (χ0v) is 17.2. The predicted octanol–water partition coefficient (Wildman–Crippen LogP) is -1.94. The number of benzene rings is 1. The molecule has 0 bridgehead atoms. The molecule has 0 spiro atoms. The van der Waals surface area contributed by atoms with Gasteiger partial charge in [-0.25, -0.2) is 4.98 Å². The van der Waals surface area contributed by atoms with E-state index >= 15 is 0 Å². The first kappa shape index (κ1) is 20.8. The van der Waals surface area contributed by atoms with Crippen LogP contribution in [0.2, 0.25) is 0 Å². The molecule has 0 saturated carbocycles. The van der Waals surface area contributed by atoms with Gasteiger partial charge in [-0.3, -0.25) is 0 Å². The first-order chi connectivity index (χ1) is 11.9. The SMILES string of the molecule is Nc1nc(N)c2ncn(CCCC(c3ccccc3)P(=O)([O-])O)c2n1.[Na+]. The first-order valence-corrected chi connectivity index (χ1v) is 9.33. The van der Waals surface area contributed by atoms with Gasteiger partial charge in [0.2, 0.25) is 5.95 Å². The summed E-state index contributed by atoms with van der Waals surface area (Å²) in [6, 6.07) is 8.65. The molecule has 2 unspecified atom stereocenters. The normalized spacial score (nSPS) is 14.5. The molecular formula is C15H18N6NaO3P. The number of hydrogen-bond donors (Lipinski definition) is 3. The van der Waals surface area contributed by atoms with Crippen molar-refractivity contribution in [3.05, 3.63) is 42.2 Å². The monoisotopic (exact) mass is 384 g/mol. The Morgan fingerprint density at radius 3 is 2.58 bits per heavy atom. The molecular weight excluding hydrogens is 366 g/mol. The maximum Gasteiger partial charge on any atom is 1.00 e. The fourth-order valence-electron chi connectivity index (χ4n) is 2.80. The molecule has 3 rings (SSSR count). The quantitative estimate of drug-likeness (QED) is 0.327. The van der Waals surface area contributed by atoms with Gasteiger partial charge in [0.1, 0.15) is 13.1 Å². The van der Waals surface area contributed by atoms with Crippen LogP contribution in [0.4, 0.5) is 11.8 Å². The van der Waals surface area contributed by atoms with Gasteiger partial charge in [0.25, 0.3) is 0 Å². The number of aromatic nitrogens is 4. The number of nitrogen functional groups attached to an aromatic ring is 2. The maximum absolute atomic E-state index is 11.7. The maximum atomic E-state index is 11.7. The van der Waals surface area contributed by atoms with Crippen LogP contribution in [0.3, 0.4) is 0 Å². The summed E-state index contributed by atoms with van der Waals surface area (Å²) in [4.78, 5) is 33.4. The molecule has 11 heteroatoms. The summed E-state index contributed by atoms with van der Waals surface area (Å²) in [7, 11) is -4.51. The van der Waals surface area contributed by atoms with Crippen molar-refractivity contribution in [3.8, 4) is 0 Å². The van der Waals surface area contributed by atoms with Gasteiger partial charge in [0.15, 0.2) is 11.5 Å². The molecule has 26 heavy (non-hydrogen) atoms. The Kier molecular flexibility index (Phi) is 6.79. The molecule has 0 aliphatic carbocycles. The van der Waals surface area contributed by atoms with Crippen LogP contribution in [0.25, 0.3) is 11.2 Å². The number of nitrogens with two attached hydrogens (primary N) is 2. The van der Waals surface area contributed by atoms with Crippen molar-refractivity contribution in [1.29, 1.82) is 0 Å². The molecule has 0 fully saturated rings. The largest absolute Gasteiger partial charge is 1.00 e. The van der Waals surface area contributed by atoms with Gasteiger partial charge in [-0.15, -0.1) is 0 Å². The van der Waals surface area contributed by atoms with E-state index in [0.29, 0.717) is 29.7 Å². The number of nitrogens with zero attached hydrogens (tertiary/aromatic N) is 4. The van der Waals surface area contributed by atoms with Crippen LogP contribution in [0, 0.1) is 0 Å². The van der Waals surface area contributed by atoms with E-state index in [-0.39, 0.29) is 47.7 Å². The summed E-state index contributed by atoms with van der Waals surface area (Å²) >= 11 is 0. The van der Waals surface area contributed by atoms with Gasteiger partial charge >= 0.3 is 29.6 Å². The summed E-state index contributed by atoms with van der Waals surface area (Å²) in [5.74, 6) is 0.246. The predicted molar refractivity (Wildman–Crippen MR) is 92.4 cm³/mol. The van der Waals surface area contributed by atoms with E-state index in [1.807, 2.05) is 0 Å². The van der Waals surface area contributed by atoms with Crippen LogP contribution >= 0.6 is 7.60 Å². The smallest absolute Gasteiger partial charge is 0.778 e. The average Bonchev–Trinajstić information content (AvgIpc) is 2.94. The van der Waals surface area contributed by atoms with Crippen molar-refractivity contribution in [2.75, 3.05) is 11.5 Å². The van der Waals surface area contributed by atoms with Crippen LogP contribution in [-0.4, -0.2) is 24.4 Å². The van der Waals surface area contributed by atoms with E-state index in [1.54, 1.807) is 41.2 Å². The topological polar surface area (TPSA) is 156 Å². The van der Waals surface area contributed by atoms with Gasteiger partial charge in [-0.1, -0.05) is 30.3 Å².